The Balaban J connectivity index is 1.83. The van der Waals surface area contributed by atoms with Gasteiger partial charge in [-0.3, -0.25) is 4.79 Å². The first-order valence-electron chi connectivity index (χ1n) is 5.88. The average molecular weight is 250 g/mol. The highest BCUT2D eigenvalue weighted by atomic mass is 16.5. The lowest BCUT2D eigenvalue weighted by Crippen LogP contribution is -2.36. The zero-order chi connectivity index (χ0) is 12.5. The summed E-state index contributed by atoms with van der Waals surface area (Å²) in [5, 5.41) is 14.8. The van der Waals surface area contributed by atoms with Crippen LogP contribution >= 0.6 is 0 Å². The van der Waals surface area contributed by atoms with E-state index in [1.807, 2.05) is 0 Å². The standard InChI is InChI=1S/C10H14N6O2/c1-15-10(12-13-14-15)8-6-7(2-4-11-8)16-9(17)3-5-18-16/h3,5,7-8,11H,2,4,6H2,1H3/t7-,8+/m0/s1. The van der Waals surface area contributed by atoms with Crippen LogP contribution in [0.5, 0.6) is 0 Å². The summed E-state index contributed by atoms with van der Waals surface area (Å²) in [6.07, 6.45) is 3.01. The van der Waals surface area contributed by atoms with Gasteiger partial charge in [0.25, 0.3) is 5.56 Å². The number of tetrazole rings is 1. The maximum atomic E-state index is 11.6. The van der Waals surface area contributed by atoms with Crippen molar-refractivity contribution in [2.75, 3.05) is 6.54 Å². The molecule has 0 aromatic carbocycles. The molecule has 3 heterocycles. The normalized spacial score (nSPS) is 24.3. The maximum Gasteiger partial charge on any atom is 0.282 e. The number of rotatable bonds is 2. The van der Waals surface area contributed by atoms with Gasteiger partial charge < -0.3 is 9.84 Å². The maximum absolute atomic E-state index is 11.6. The van der Waals surface area contributed by atoms with Crippen LogP contribution in [0.1, 0.15) is 30.7 Å². The molecule has 2 aromatic heterocycles. The van der Waals surface area contributed by atoms with Gasteiger partial charge in [-0.25, -0.2) is 4.68 Å². The lowest BCUT2D eigenvalue weighted by atomic mass is 9.99. The van der Waals surface area contributed by atoms with Crippen LogP contribution in [0.3, 0.4) is 0 Å². The highest BCUT2D eigenvalue weighted by Gasteiger charge is 2.28. The topological polar surface area (TPSA) is 90.8 Å². The molecule has 1 N–H and O–H groups in total. The van der Waals surface area contributed by atoms with Gasteiger partial charge in [0.05, 0.1) is 12.1 Å². The summed E-state index contributed by atoms with van der Waals surface area (Å²) >= 11 is 0. The zero-order valence-corrected chi connectivity index (χ0v) is 9.98. The van der Waals surface area contributed by atoms with Crippen LogP contribution in [0.25, 0.3) is 0 Å². The van der Waals surface area contributed by atoms with Crippen LogP contribution < -0.4 is 10.9 Å². The van der Waals surface area contributed by atoms with E-state index in [0.717, 1.165) is 25.2 Å². The number of nitrogens with one attached hydrogen (secondary N) is 1. The van der Waals surface area contributed by atoms with Gasteiger partial charge in [-0.1, -0.05) is 0 Å². The Labute approximate surface area is 103 Å². The fourth-order valence-electron chi connectivity index (χ4n) is 2.38. The van der Waals surface area contributed by atoms with Gasteiger partial charge in [-0.15, -0.1) is 5.10 Å². The summed E-state index contributed by atoms with van der Waals surface area (Å²) in [4.78, 5) is 11.6. The number of aryl methyl sites for hydroxylation is 1. The van der Waals surface area contributed by atoms with Gasteiger partial charge in [0.15, 0.2) is 5.82 Å². The van der Waals surface area contributed by atoms with E-state index in [1.165, 1.54) is 17.1 Å². The Kier molecular flexibility index (Phi) is 2.71. The number of nitrogens with zero attached hydrogens (tertiary/aromatic N) is 5. The Morgan fingerprint density at radius 2 is 2.44 bits per heavy atom. The lowest BCUT2D eigenvalue weighted by Gasteiger charge is -2.28. The van der Waals surface area contributed by atoms with Crippen LogP contribution in [0.4, 0.5) is 0 Å². The van der Waals surface area contributed by atoms with Crippen molar-refractivity contribution in [2.45, 2.75) is 24.9 Å². The first-order valence-corrected chi connectivity index (χ1v) is 5.88. The van der Waals surface area contributed by atoms with Gasteiger partial charge >= 0.3 is 0 Å². The molecule has 1 saturated heterocycles. The molecule has 1 fully saturated rings. The molecule has 3 rings (SSSR count). The van der Waals surface area contributed by atoms with Gasteiger partial charge in [0.2, 0.25) is 0 Å². The summed E-state index contributed by atoms with van der Waals surface area (Å²) in [6.45, 7) is 0.801. The van der Waals surface area contributed by atoms with E-state index in [1.54, 1.807) is 11.7 Å². The second kappa shape index (κ2) is 4.37. The third-order valence-electron chi connectivity index (χ3n) is 3.27. The van der Waals surface area contributed by atoms with Gasteiger partial charge in [0, 0.05) is 13.1 Å². The van der Waals surface area contributed by atoms with Crippen LogP contribution in [0.15, 0.2) is 21.6 Å². The number of piperidine rings is 1. The summed E-state index contributed by atoms with van der Waals surface area (Å²) in [5.41, 5.74) is -0.100. The van der Waals surface area contributed by atoms with Crippen molar-refractivity contribution in [3.05, 3.63) is 28.5 Å². The van der Waals surface area contributed by atoms with Crippen molar-refractivity contribution in [2.24, 2.45) is 7.05 Å². The molecule has 8 heteroatoms. The minimum Gasteiger partial charge on any atom is -0.384 e. The van der Waals surface area contributed by atoms with Gasteiger partial charge in [-0.2, -0.15) is 4.74 Å². The zero-order valence-electron chi connectivity index (χ0n) is 9.98. The fourth-order valence-corrected chi connectivity index (χ4v) is 2.38. The average Bonchev–Trinajstić information content (AvgIpc) is 2.98. The van der Waals surface area contributed by atoms with Crippen LogP contribution in [0, 0.1) is 0 Å². The minimum absolute atomic E-state index is 0.0424. The first kappa shape index (κ1) is 11.1. The van der Waals surface area contributed by atoms with E-state index in [0.29, 0.717) is 0 Å². The predicted molar refractivity (Wildman–Crippen MR) is 60.8 cm³/mol. The van der Waals surface area contributed by atoms with Crippen molar-refractivity contribution in [3.8, 4) is 0 Å². The van der Waals surface area contributed by atoms with Crippen LogP contribution in [0.2, 0.25) is 0 Å². The Hall–Kier alpha value is -1.96. The second-order valence-corrected chi connectivity index (χ2v) is 4.42. The molecule has 8 nitrogen and oxygen atoms in total. The largest absolute Gasteiger partial charge is 0.384 e. The first-order chi connectivity index (χ1) is 8.75. The molecule has 0 amide bonds. The number of aromatic nitrogens is 5. The third kappa shape index (κ3) is 1.84. The smallest absolute Gasteiger partial charge is 0.282 e. The van der Waals surface area contributed by atoms with Crippen LogP contribution in [-0.2, 0) is 7.05 Å². The molecule has 0 spiro atoms. The third-order valence-corrected chi connectivity index (χ3v) is 3.27. The second-order valence-electron chi connectivity index (χ2n) is 4.42. The number of hydrogen-bond donors (Lipinski definition) is 1. The monoisotopic (exact) mass is 250 g/mol. The summed E-state index contributed by atoms with van der Waals surface area (Å²) in [5.74, 6) is 0.777. The quantitative estimate of drug-likeness (QED) is 0.782. The molecule has 18 heavy (non-hydrogen) atoms. The molecule has 1 aliphatic heterocycles. The van der Waals surface area contributed by atoms with Crippen LogP contribution in [-0.4, -0.2) is 31.5 Å². The molecule has 2 aromatic rings. The van der Waals surface area contributed by atoms with Crippen molar-refractivity contribution in [1.82, 2.24) is 30.3 Å². The lowest BCUT2D eigenvalue weighted by molar-refractivity contribution is 0.158. The number of hydrogen-bond acceptors (Lipinski definition) is 6. The molecule has 1 aliphatic rings. The van der Waals surface area contributed by atoms with Gasteiger partial charge in [-0.05, 0) is 29.8 Å². The molecule has 0 bridgehead atoms. The van der Waals surface area contributed by atoms with Crippen molar-refractivity contribution >= 4 is 0 Å². The molecule has 0 radical (unpaired) electrons. The molecule has 0 saturated carbocycles. The summed E-state index contributed by atoms with van der Waals surface area (Å²) < 4.78 is 8.29. The molecule has 2 atom stereocenters. The highest BCUT2D eigenvalue weighted by Crippen LogP contribution is 2.28. The molecule has 96 valence electrons. The van der Waals surface area contributed by atoms with E-state index in [2.05, 4.69) is 20.8 Å². The molecule has 0 unspecified atom stereocenters. The highest BCUT2D eigenvalue weighted by molar-refractivity contribution is 4.96. The minimum atomic E-state index is -0.100. The Bertz CT molecular complexity index is 585. The van der Waals surface area contributed by atoms with E-state index in [9.17, 15) is 4.79 Å². The van der Waals surface area contributed by atoms with Gasteiger partial charge in [0.1, 0.15) is 6.26 Å². The van der Waals surface area contributed by atoms with Crippen molar-refractivity contribution in [3.63, 3.8) is 0 Å². The SMILES string of the molecule is Cn1nnnc1[C@H]1C[C@@H](n2occc2=O)CCN1. The fraction of sp³-hybridized carbons (Fsp3) is 0.600. The summed E-state index contributed by atoms with van der Waals surface area (Å²) in [6, 6.07) is 1.53. The van der Waals surface area contributed by atoms with E-state index < -0.39 is 0 Å². The van der Waals surface area contributed by atoms with E-state index in [4.69, 9.17) is 4.52 Å². The van der Waals surface area contributed by atoms with E-state index >= 15 is 0 Å². The summed E-state index contributed by atoms with van der Waals surface area (Å²) in [7, 11) is 1.81. The molecule has 0 aliphatic carbocycles. The molecular weight excluding hydrogens is 236 g/mol. The predicted octanol–water partition coefficient (Wildman–Crippen LogP) is -0.369. The Morgan fingerprint density at radius 1 is 1.56 bits per heavy atom. The Morgan fingerprint density at radius 3 is 3.11 bits per heavy atom. The van der Waals surface area contributed by atoms with E-state index in [-0.39, 0.29) is 17.6 Å². The van der Waals surface area contributed by atoms with Crippen molar-refractivity contribution in [1.29, 1.82) is 0 Å². The molecular formula is C10H14N6O2. The van der Waals surface area contributed by atoms with Crippen molar-refractivity contribution < 1.29 is 4.52 Å².